The Morgan fingerprint density at radius 2 is 2.05 bits per heavy atom. The van der Waals surface area contributed by atoms with Crippen LogP contribution in [0.3, 0.4) is 0 Å². The lowest BCUT2D eigenvalue weighted by molar-refractivity contribution is 0.513. The van der Waals surface area contributed by atoms with Gasteiger partial charge in [0.25, 0.3) is 0 Å². The summed E-state index contributed by atoms with van der Waals surface area (Å²) in [6.07, 6.45) is 5.95. The van der Waals surface area contributed by atoms with Crippen molar-refractivity contribution in [2.75, 3.05) is 6.54 Å². The van der Waals surface area contributed by atoms with Crippen LogP contribution in [0, 0.1) is 13.8 Å². The molecule has 0 spiro atoms. The molecule has 1 heterocycles. The van der Waals surface area contributed by atoms with Crippen LogP contribution in [0.25, 0.3) is 0 Å². The van der Waals surface area contributed by atoms with Crippen LogP contribution < -0.4 is 5.32 Å². The van der Waals surface area contributed by atoms with Gasteiger partial charge in [0.1, 0.15) is 0 Å². The fourth-order valence-corrected chi connectivity index (χ4v) is 2.61. The van der Waals surface area contributed by atoms with E-state index in [1.807, 2.05) is 18.5 Å². The predicted octanol–water partition coefficient (Wildman–Crippen LogP) is 3.98. The second kappa shape index (κ2) is 7.20. The molecule has 0 fully saturated rings. The van der Waals surface area contributed by atoms with Crippen LogP contribution in [0.15, 0.2) is 42.7 Å². The standard InChI is InChI=1S/C18H24N2/c1-4-20-18(10-9-16-6-5-11-19-13-16)17-12-14(2)7-8-15(17)3/h5-8,11-13,18,20H,4,9-10H2,1-3H3. The predicted molar refractivity (Wildman–Crippen MR) is 84.9 cm³/mol. The molecule has 2 heteroatoms. The Labute approximate surface area is 122 Å². The first-order valence-electron chi connectivity index (χ1n) is 7.40. The highest BCUT2D eigenvalue weighted by Gasteiger charge is 2.13. The van der Waals surface area contributed by atoms with Gasteiger partial charge in [0, 0.05) is 18.4 Å². The second-order valence-corrected chi connectivity index (χ2v) is 5.37. The monoisotopic (exact) mass is 268 g/mol. The van der Waals surface area contributed by atoms with Gasteiger partial charge in [0.2, 0.25) is 0 Å². The molecule has 2 aromatic rings. The van der Waals surface area contributed by atoms with Gasteiger partial charge in [-0.1, -0.05) is 36.8 Å². The first-order chi connectivity index (χ1) is 9.70. The Morgan fingerprint density at radius 3 is 2.75 bits per heavy atom. The van der Waals surface area contributed by atoms with Crippen molar-refractivity contribution in [2.24, 2.45) is 0 Å². The topological polar surface area (TPSA) is 24.9 Å². The van der Waals surface area contributed by atoms with E-state index in [9.17, 15) is 0 Å². The van der Waals surface area contributed by atoms with E-state index < -0.39 is 0 Å². The Hall–Kier alpha value is -1.67. The van der Waals surface area contributed by atoms with E-state index in [2.05, 4.69) is 55.3 Å². The van der Waals surface area contributed by atoms with Gasteiger partial charge in [-0.15, -0.1) is 0 Å². The summed E-state index contributed by atoms with van der Waals surface area (Å²) in [5, 5.41) is 3.62. The van der Waals surface area contributed by atoms with Crippen LogP contribution in [0.5, 0.6) is 0 Å². The number of hydrogen-bond donors (Lipinski definition) is 1. The van der Waals surface area contributed by atoms with Crippen LogP contribution in [-0.4, -0.2) is 11.5 Å². The third kappa shape index (κ3) is 3.91. The Morgan fingerprint density at radius 1 is 1.20 bits per heavy atom. The van der Waals surface area contributed by atoms with Crippen molar-refractivity contribution in [3.8, 4) is 0 Å². The first kappa shape index (κ1) is 14.7. The maximum atomic E-state index is 4.19. The van der Waals surface area contributed by atoms with E-state index in [0.717, 1.165) is 19.4 Å². The molecule has 1 aromatic carbocycles. The number of rotatable bonds is 6. The number of nitrogens with zero attached hydrogens (tertiary/aromatic N) is 1. The minimum absolute atomic E-state index is 0.417. The molecule has 1 atom stereocenters. The van der Waals surface area contributed by atoms with Crippen LogP contribution in [-0.2, 0) is 6.42 Å². The molecule has 0 radical (unpaired) electrons. The highest BCUT2D eigenvalue weighted by molar-refractivity contribution is 5.33. The SMILES string of the molecule is CCNC(CCc1cccnc1)c1cc(C)ccc1C. The van der Waals surface area contributed by atoms with Gasteiger partial charge >= 0.3 is 0 Å². The lowest BCUT2D eigenvalue weighted by atomic mass is 9.94. The van der Waals surface area contributed by atoms with Crippen molar-refractivity contribution in [1.29, 1.82) is 0 Å². The summed E-state index contributed by atoms with van der Waals surface area (Å²) in [4.78, 5) is 4.19. The molecule has 1 unspecified atom stereocenters. The highest BCUT2D eigenvalue weighted by atomic mass is 14.9. The Kier molecular flexibility index (Phi) is 5.31. The van der Waals surface area contributed by atoms with E-state index in [4.69, 9.17) is 0 Å². The van der Waals surface area contributed by atoms with Gasteiger partial charge in [-0.05, 0) is 56.0 Å². The van der Waals surface area contributed by atoms with Crippen molar-refractivity contribution in [3.05, 3.63) is 65.0 Å². The van der Waals surface area contributed by atoms with Crippen molar-refractivity contribution in [2.45, 2.75) is 39.7 Å². The quantitative estimate of drug-likeness (QED) is 0.857. The zero-order chi connectivity index (χ0) is 14.4. The number of pyridine rings is 1. The van der Waals surface area contributed by atoms with Crippen molar-refractivity contribution in [3.63, 3.8) is 0 Å². The van der Waals surface area contributed by atoms with Crippen LogP contribution >= 0.6 is 0 Å². The molecule has 0 saturated heterocycles. The molecule has 2 rings (SSSR count). The third-order valence-corrected chi connectivity index (χ3v) is 3.71. The summed E-state index contributed by atoms with van der Waals surface area (Å²) in [6, 6.07) is 11.3. The fraction of sp³-hybridized carbons (Fsp3) is 0.389. The minimum atomic E-state index is 0.417. The molecule has 20 heavy (non-hydrogen) atoms. The number of benzene rings is 1. The summed E-state index contributed by atoms with van der Waals surface area (Å²) in [5.74, 6) is 0. The van der Waals surface area contributed by atoms with E-state index in [-0.39, 0.29) is 0 Å². The maximum absolute atomic E-state index is 4.19. The van der Waals surface area contributed by atoms with Crippen molar-refractivity contribution in [1.82, 2.24) is 10.3 Å². The average Bonchev–Trinajstić information content (AvgIpc) is 2.47. The zero-order valence-corrected chi connectivity index (χ0v) is 12.7. The Balaban J connectivity index is 2.12. The smallest absolute Gasteiger partial charge is 0.0326 e. The first-order valence-corrected chi connectivity index (χ1v) is 7.40. The van der Waals surface area contributed by atoms with Gasteiger partial charge in [-0.2, -0.15) is 0 Å². The molecular weight excluding hydrogens is 244 g/mol. The van der Waals surface area contributed by atoms with E-state index in [1.54, 1.807) is 0 Å². The number of aryl methyl sites for hydroxylation is 3. The Bertz CT molecular complexity index is 534. The van der Waals surface area contributed by atoms with E-state index >= 15 is 0 Å². The molecule has 1 aromatic heterocycles. The van der Waals surface area contributed by atoms with Gasteiger partial charge in [0.15, 0.2) is 0 Å². The third-order valence-electron chi connectivity index (χ3n) is 3.71. The second-order valence-electron chi connectivity index (χ2n) is 5.37. The van der Waals surface area contributed by atoms with Gasteiger partial charge in [0.05, 0.1) is 0 Å². The van der Waals surface area contributed by atoms with Gasteiger partial charge < -0.3 is 5.32 Å². The lowest BCUT2D eigenvalue weighted by Crippen LogP contribution is -2.22. The summed E-state index contributed by atoms with van der Waals surface area (Å²) in [6.45, 7) is 7.52. The minimum Gasteiger partial charge on any atom is -0.310 e. The number of hydrogen-bond acceptors (Lipinski definition) is 2. The van der Waals surface area contributed by atoms with E-state index in [1.165, 1.54) is 22.3 Å². The molecular formula is C18H24N2. The van der Waals surface area contributed by atoms with Crippen molar-refractivity contribution < 1.29 is 0 Å². The molecule has 1 N–H and O–H groups in total. The number of nitrogens with one attached hydrogen (secondary N) is 1. The molecule has 0 bridgehead atoms. The molecule has 2 nitrogen and oxygen atoms in total. The summed E-state index contributed by atoms with van der Waals surface area (Å²) < 4.78 is 0. The maximum Gasteiger partial charge on any atom is 0.0326 e. The molecule has 106 valence electrons. The molecule has 0 saturated carbocycles. The van der Waals surface area contributed by atoms with Gasteiger partial charge in [-0.25, -0.2) is 0 Å². The molecule has 0 aliphatic heterocycles. The zero-order valence-electron chi connectivity index (χ0n) is 12.7. The average molecular weight is 268 g/mol. The lowest BCUT2D eigenvalue weighted by Gasteiger charge is -2.21. The van der Waals surface area contributed by atoms with Crippen molar-refractivity contribution >= 4 is 0 Å². The van der Waals surface area contributed by atoms with Gasteiger partial charge in [-0.3, -0.25) is 4.98 Å². The summed E-state index contributed by atoms with van der Waals surface area (Å²) in [7, 11) is 0. The molecule has 0 aliphatic rings. The highest BCUT2D eigenvalue weighted by Crippen LogP contribution is 2.23. The van der Waals surface area contributed by atoms with Crippen LogP contribution in [0.4, 0.5) is 0 Å². The van der Waals surface area contributed by atoms with Crippen LogP contribution in [0.2, 0.25) is 0 Å². The summed E-state index contributed by atoms with van der Waals surface area (Å²) in [5.41, 5.74) is 5.43. The number of aromatic nitrogens is 1. The normalized spacial score (nSPS) is 12.3. The van der Waals surface area contributed by atoms with Crippen LogP contribution in [0.1, 0.15) is 41.6 Å². The van der Waals surface area contributed by atoms with E-state index in [0.29, 0.717) is 6.04 Å². The fourth-order valence-electron chi connectivity index (χ4n) is 2.61. The molecule has 0 aliphatic carbocycles. The summed E-state index contributed by atoms with van der Waals surface area (Å²) >= 11 is 0. The largest absolute Gasteiger partial charge is 0.310 e. The molecule has 0 amide bonds.